The fraction of sp³-hybridized carbons (Fsp3) is 0.429. The monoisotopic (exact) mass is 415 g/mol. The molecule has 0 N–H and O–H groups in total. The molecule has 0 bridgehead atoms. The van der Waals surface area contributed by atoms with Crippen molar-refractivity contribution in [3.63, 3.8) is 0 Å². The van der Waals surface area contributed by atoms with Crippen LogP contribution in [-0.4, -0.2) is 55.9 Å². The Morgan fingerprint density at radius 1 is 1.10 bits per heavy atom. The van der Waals surface area contributed by atoms with Crippen molar-refractivity contribution in [3.8, 4) is 5.75 Å². The van der Waals surface area contributed by atoms with E-state index in [1.54, 1.807) is 30.4 Å². The van der Waals surface area contributed by atoms with E-state index in [1.807, 2.05) is 29.2 Å². The van der Waals surface area contributed by atoms with Crippen LogP contribution in [0.25, 0.3) is 0 Å². The van der Waals surface area contributed by atoms with E-state index in [0.717, 1.165) is 37.0 Å². The van der Waals surface area contributed by atoms with Crippen LogP contribution in [0, 0.1) is 0 Å². The van der Waals surface area contributed by atoms with E-state index in [4.69, 9.17) is 4.74 Å². The fourth-order valence-electron chi connectivity index (χ4n) is 4.02. The highest BCUT2D eigenvalue weighted by Crippen LogP contribution is 2.33. The maximum atomic E-state index is 13.4. The van der Waals surface area contributed by atoms with Crippen LogP contribution in [0.3, 0.4) is 0 Å². The average Bonchev–Trinajstić information content (AvgIpc) is 2.98. The lowest BCUT2D eigenvalue weighted by molar-refractivity contribution is -0.129. The lowest BCUT2D eigenvalue weighted by Gasteiger charge is -2.33. The van der Waals surface area contributed by atoms with Crippen LogP contribution in [-0.2, 0) is 14.8 Å². The number of benzene rings is 1. The summed E-state index contributed by atoms with van der Waals surface area (Å²) in [5.41, 5.74) is 1.66. The minimum absolute atomic E-state index is 0.0157. The van der Waals surface area contributed by atoms with Gasteiger partial charge in [-0.05, 0) is 42.7 Å². The van der Waals surface area contributed by atoms with Gasteiger partial charge in [-0.2, -0.15) is 0 Å². The summed E-state index contributed by atoms with van der Waals surface area (Å²) < 4.78 is 32.4. The molecule has 4 rings (SSSR count). The molecule has 3 heterocycles. The number of hydrogen-bond acceptors (Lipinski definition) is 5. The summed E-state index contributed by atoms with van der Waals surface area (Å²) in [6, 6.07) is 7.93. The summed E-state index contributed by atoms with van der Waals surface area (Å²) in [7, 11) is -1.77. The minimum atomic E-state index is -3.41. The molecule has 1 aromatic carbocycles. The first-order chi connectivity index (χ1) is 14.0. The Hall–Kier alpha value is -2.61. The highest BCUT2D eigenvalue weighted by atomic mass is 32.2. The second-order valence-electron chi connectivity index (χ2n) is 7.48. The van der Waals surface area contributed by atoms with Gasteiger partial charge in [-0.3, -0.25) is 4.79 Å². The summed E-state index contributed by atoms with van der Waals surface area (Å²) in [6.07, 6.45) is 9.10. The number of likely N-dealkylation sites (tertiary alicyclic amines) is 1. The number of carbonyl (C=O) groups excluding carboxylic acids is 1. The van der Waals surface area contributed by atoms with Crippen molar-refractivity contribution < 1.29 is 17.9 Å². The maximum Gasteiger partial charge on any atom is 0.256 e. The molecule has 0 aliphatic carbocycles. The molecule has 0 radical (unpaired) electrons. The average molecular weight is 416 g/mol. The van der Waals surface area contributed by atoms with Crippen molar-refractivity contribution in [2.45, 2.75) is 31.7 Å². The van der Waals surface area contributed by atoms with Gasteiger partial charge in [0.05, 0.1) is 24.5 Å². The first-order valence-corrected chi connectivity index (χ1v) is 11.5. The Balaban J connectivity index is 1.60. The number of hydrogen-bond donors (Lipinski definition) is 0. The third-order valence-electron chi connectivity index (χ3n) is 5.59. The van der Waals surface area contributed by atoms with Crippen LogP contribution < -0.4 is 4.74 Å². The van der Waals surface area contributed by atoms with E-state index < -0.39 is 10.0 Å². The highest BCUT2D eigenvalue weighted by Gasteiger charge is 2.31. The van der Waals surface area contributed by atoms with Crippen molar-refractivity contribution in [1.29, 1.82) is 0 Å². The van der Waals surface area contributed by atoms with E-state index >= 15 is 0 Å². The topological polar surface area (TPSA) is 79.3 Å². The smallest absolute Gasteiger partial charge is 0.256 e. The van der Waals surface area contributed by atoms with Crippen molar-refractivity contribution in [3.05, 3.63) is 53.8 Å². The van der Waals surface area contributed by atoms with Gasteiger partial charge in [0, 0.05) is 19.3 Å². The molecule has 8 heteroatoms. The first kappa shape index (κ1) is 19.7. The molecule has 0 spiro atoms. The molecule has 0 saturated carbocycles. The molecule has 7 nitrogen and oxygen atoms in total. The van der Waals surface area contributed by atoms with Crippen LogP contribution in [0.2, 0.25) is 0 Å². The molecule has 3 aliphatic rings. The number of carbonyl (C=O) groups is 1. The van der Waals surface area contributed by atoms with Gasteiger partial charge in [-0.1, -0.05) is 25.0 Å². The molecule has 1 atom stereocenters. The second-order valence-corrected chi connectivity index (χ2v) is 9.24. The zero-order valence-corrected chi connectivity index (χ0v) is 17.3. The van der Waals surface area contributed by atoms with Crippen LogP contribution in [0.5, 0.6) is 5.75 Å². The number of nitrogens with zero attached hydrogens (tertiary/aromatic N) is 3. The summed E-state index contributed by atoms with van der Waals surface area (Å²) in [5, 5.41) is 0. The van der Waals surface area contributed by atoms with Crippen LogP contribution in [0.15, 0.2) is 52.6 Å². The van der Waals surface area contributed by atoms with E-state index in [1.165, 1.54) is 0 Å². The Morgan fingerprint density at radius 2 is 1.90 bits per heavy atom. The molecular weight excluding hydrogens is 390 g/mol. The SMILES string of the molecule is COc1ccc(C2CCCCCN2C(=O)C2=CN3CCS(=O)(=O)N=C3C=C2)cc1. The Kier molecular flexibility index (Phi) is 5.45. The van der Waals surface area contributed by atoms with Crippen molar-refractivity contribution in [2.75, 3.05) is 26.0 Å². The summed E-state index contributed by atoms with van der Waals surface area (Å²) in [4.78, 5) is 17.1. The standard InChI is InChI=1S/C21H25N3O4S/c1-28-18-9-6-16(7-10-18)19-5-3-2-4-12-24(19)21(25)17-8-11-20-22-29(26,27)14-13-23(20)15-17/h6-11,15,19H,2-5,12-14H2,1H3. The predicted molar refractivity (Wildman–Crippen MR) is 111 cm³/mol. The van der Waals surface area contributed by atoms with Crippen molar-refractivity contribution in [1.82, 2.24) is 9.80 Å². The molecule has 3 aliphatic heterocycles. The minimum Gasteiger partial charge on any atom is -0.497 e. The lowest BCUT2D eigenvalue weighted by atomic mass is 9.99. The quantitative estimate of drug-likeness (QED) is 0.758. The number of rotatable bonds is 3. The largest absolute Gasteiger partial charge is 0.497 e. The number of amidine groups is 1. The first-order valence-electron chi connectivity index (χ1n) is 9.91. The Bertz CT molecular complexity index is 980. The van der Waals surface area contributed by atoms with E-state index in [0.29, 0.717) is 24.5 Å². The van der Waals surface area contributed by atoms with Crippen LogP contribution in [0.4, 0.5) is 0 Å². The molecule has 29 heavy (non-hydrogen) atoms. The van der Waals surface area contributed by atoms with Crippen molar-refractivity contribution >= 4 is 21.8 Å². The molecule has 1 fully saturated rings. The third-order valence-corrected chi connectivity index (χ3v) is 6.75. The van der Waals surface area contributed by atoms with E-state index in [2.05, 4.69) is 4.40 Å². The van der Waals surface area contributed by atoms with Gasteiger partial charge in [0.15, 0.2) is 0 Å². The summed E-state index contributed by atoms with van der Waals surface area (Å²) >= 11 is 0. The van der Waals surface area contributed by atoms with Crippen LogP contribution in [0.1, 0.15) is 37.3 Å². The Labute approximate surface area is 171 Å². The maximum absolute atomic E-state index is 13.4. The summed E-state index contributed by atoms with van der Waals surface area (Å²) in [6.45, 7) is 1.01. The molecule has 1 amide bonds. The van der Waals surface area contributed by atoms with Gasteiger partial charge in [0.1, 0.15) is 11.6 Å². The molecule has 1 unspecified atom stereocenters. The third kappa shape index (κ3) is 4.22. The van der Waals surface area contributed by atoms with E-state index in [-0.39, 0.29) is 17.7 Å². The molecule has 1 saturated heterocycles. The van der Waals surface area contributed by atoms with Gasteiger partial charge in [0.2, 0.25) is 0 Å². The van der Waals surface area contributed by atoms with Crippen LogP contribution >= 0.6 is 0 Å². The summed E-state index contributed by atoms with van der Waals surface area (Å²) in [5.74, 6) is 1.09. The number of fused-ring (bicyclic) bond motifs is 1. The number of ether oxygens (including phenoxy) is 1. The molecule has 154 valence electrons. The van der Waals surface area contributed by atoms with Gasteiger partial charge < -0.3 is 14.5 Å². The molecular formula is C21H25N3O4S. The number of amides is 1. The fourth-order valence-corrected chi connectivity index (χ4v) is 4.99. The van der Waals surface area contributed by atoms with Gasteiger partial charge in [0.25, 0.3) is 15.9 Å². The predicted octanol–water partition coefficient (Wildman–Crippen LogP) is 2.64. The van der Waals surface area contributed by atoms with Gasteiger partial charge in [-0.15, -0.1) is 4.40 Å². The van der Waals surface area contributed by atoms with Gasteiger partial charge in [-0.25, -0.2) is 8.42 Å². The lowest BCUT2D eigenvalue weighted by Crippen LogP contribution is -2.40. The van der Waals surface area contributed by atoms with Crippen molar-refractivity contribution in [2.24, 2.45) is 4.40 Å². The zero-order valence-electron chi connectivity index (χ0n) is 16.5. The number of methoxy groups -OCH3 is 1. The van der Waals surface area contributed by atoms with E-state index in [9.17, 15) is 13.2 Å². The van der Waals surface area contributed by atoms with Gasteiger partial charge >= 0.3 is 0 Å². The highest BCUT2D eigenvalue weighted by molar-refractivity contribution is 7.90. The zero-order chi connectivity index (χ0) is 20.4. The molecule has 1 aromatic rings. The second kappa shape index (κ2) is 8.02. The Morgan fingerprint density at radius 3 is 2.66 bits per heavy atom. The molecule has 0 aromatic heterocycles. The number of sulfonamides is 1. The normalized spacial score (nSPS) is 23.6.